The van der Waals surface area contributed by atoms with Gasteiger partial charge in [0.05, 0.1) is 0 Å². The maximum Gasteiger partial charge on any atom is -0.0314 e. The molecule has 0 radical (unpaired) electrons. The van der Waals surface area contributed by atoms with Gasteiger partial charge in [0.25, 0.3) is 0 Å². The molecule has 46 valence electrons. The van der Waals surface area contributed by atoms with Gasteiger partial charge in [0.2, 0.25) is 0 Å². The number of hydrogen-bond donors (Lipinski definition) is 0. The van der Waals surface area contributed by atoms with E-state index in [4.69, 9.17) is 0 Å². The van der Waals surface area contributed by atoms with Gasteiger partial charge in [0.1, 0.15) is 0 Å². The summed E-state index contributed by atoms with van der Waals surface area (Å²) in [5.74, 6) is 1.34. The largest absolute Gasteiger partial charge is 0.433 e. The van der Waals surface area contributed by atoms with E-state index in [9.17, 15) is 0 Å². The maximum absolute atomic E-state index is 3.32. The zero-order valence-corrected chi connectivity index (χ0v) is 6.00. The Kier molecular flexibility index (Phi) is 2.26. The van der Waals surface area contributed by atoms with Crippen molar-refractivity contribution in [2.24, 2.45) is 0 Å². The van der Waals surface area contributed by atoms with Crippen molar-refractivity contribution in [3.8, 4) is 0 Å². The highest BCUT2D eigenvalue weighted by molar-refractivity contribution is 7.93. The summed E-state index contributed by atoms with van der Waals surface area (Å²) in [7, 11) is 0.418. The molecular weight excluding hydrogens is 116 g/mol. The molecule has 0 bridgehead atoms. The van der Waals surface area contributed by atoms with Gasteiger partial charge in [-0.2, -0.15) is 0 Å². The van der Waals surface area contributed by atoms with E-state index in [2.05, 4.69) is 23.4 Å². The average molecular weight is 127 g/mol. The molecule has 1 rings (SSSR count). The van der Waals surface area contributed by atoms with Gasteiger partial charge in [-0.3, -0.25) is 5.02 Å². The van der Waals surface area contributed by atoms with Crippen LogP contribution in [0.3, 0.4) is 0 Å². The molecule has 0 aromatic heterocycles. The maximum atomic E-state index is 3.32. The van der Waals surface area contributed by atoms with Crippen LogP contribution in [-0.4, -0.2) is 16.1 Å². The van der Waals surface area contributed by atoms with Crippen molar-refractivity contribution in [2.75, 3.05) is 5.75 Å². The lowest BCUT2D eigenvalue weighted by atomic mass is 10.3. The normalized spacial score (nSPS) is 27.9. The van der Waals surface area contributed by atoms with Gasteiger partial charge < -0.3 is 10.1 Å². The predicted octanol–water partition coefficient (Wildman–Crippen LogP) is 1.18. The first-order chi connectivity index (χ1) is 3.93. The molecule has 8 heavy (non-hydrogen) atoms. The van der Waals surface area contributed by atoms with Gasteiger partial charge in [0, 0.05) is 0 Å². The van der Waals surface area contributed by atoms with E-state index in [1.807, 2.05) is 0 Å². The van der Waals surface area contributed by atoms with Crippen LogP contribution in [0.15, 0.2) is 6.08 Å². The summed E-state index contributed by atoms with van der Waals surface area (Å²) < 4.78 is 0. The molecular formula is C7H11S-. The average Bonchev–Trinajstić information content (AvgIpc) is 1.90. The summed E-state index contributed by atoms with van der Waals surface area (Å²) in [5.41, 5.74) is 0. The van der Waals surface area contributed by atoms with Crippen molar-refractivity contribution < 1.29 is 0 Å². The van der Waals surface area contributed by atoms with Crippen LogP contribution in [0.2, 0.25) is 0 Å². The van der Waals surface area contributed by atoms with Crippen LogP contribution in [0, 0.1) is 0 Å². The highest BCUT2D eigenvalue weighted by Gasteiger charge is 1.76. The van der Waals surface area contributed by atoms with Crippen molar-refractivity contribution in [3.63, 3.8) is 0 Å². The number of allylic oxidation sites excluding steroid dienone is 1. The van der Waals surface area contributed by atoms with Crippen molar-refractivity contribution in [1.82, 2.24) is 0 Å². The third kappa shape index (κ3) is 1.43. The summed E-state index contributed by atoms with van der Waals surface area (Å²) in [6.07, 6.45) is 4.78. The Labute approximate surface area is 52.7 Å². The first-order valence-electron chi connectivity index (χ1n) is 3.00. The SMILES string of the molecule is CC=[S-]1=C=CCCC1. The highest BCUT2D eigenvalue weighted by Crippen LogP contribution is 1.92. The monoisotopic (exact) mass is 127 g/mol. The molecule has 0 spiro atoms. The Balaban J connectivity index is 2.91. The van der Waals surface area contributed by atoms with Gasteiger partial charge in [-0.25, -0.2) is 5.37 Å². The second-order valence-corrected chi connectivity index (χ2v) is 3.81. The van der Waals surface area contributed by atoms with E-state index in [0.29, 0.717) is 10.1 Å². The van der Waals surface area contributed by atoms with Crippen LogP contribution in [0.4, 0.5) is 0 Å². The Bertz CT molecular complexity index is 177. The molecule has 1 aliphatic rings. The second kappa shape index (κ2) is 3.01. The molecule has 0 amide bonds. The van der Waals surface area contributed by atoms with Gasteiger partial charge in [-0.15, -0.1) is 5.75 Å². The fourth-order valence-electron chi connectivity index (χ4n) is 0.752. The topological polar surface area (TPSA) is 0 Å². The number of rotatable bonds is 0. The highest BCUT2D eigenvalue weighted by atomic mass is 32.2. The van der Waals surface area contributed by atoms with Crippen molar-refractivity contribution in [1.29, 1.82) is 0 Å². The van der Waals surface area contributed by atoms with Crippen LogP contribution in [0.25, 0.3) is 0 Å². The Morgan fingerprint density at radius 2 is 2.62 bits per heavy atom. The van der Waals surface area contributed by atoms with Crippen LogP contribution >= 0.6 is 0 Å². The lowest BCUT2D eigenvalue weighted by Crippen LogP contribution is -1.93. The predicted molar refractivity (Wildman–Crippen MR) is 42.8 cm³/mol. The van der Waals surface area contributed by atoms with Gasteiger partial charge in [-0.1, -0.05) is 19.4 Å². The molecule has 0 nitrogen and oxygen atoms in total. The minimum Gasteiger partial charge on any atom is -0.433 e. The van der Waals surface area contributed by atoms with Crippen LogP contribution in [0.1, 0.15) is 19.8 Å². The molecule has 1 heteroatoms. The van der Waals surface area contributed by atoms with Gasteiger partial charge >= 0.3 is 0 Å². The van der Waals surface area contributed by atoms with Crippen molar-refractivity contribution in [3.05, 3.63) is 6.08 Å². The molecule has 0 fully saturated rings. The standard InChI is InChI=1S/C7H11S/c1-2-8-6-4-3-5-7-8/h2,4H,3,5,7H2,1H3/q-1. The fourth-order valence-corrected chi connectivity index (χ4v) is 2.05. The minimum absolute atomic E-state index is 0.418. The van der Waals surface area contributed by atoms with E-state index in [1.165, 1.54) is 18.6 Å². The van der Waals surface area contributed by atoms with Crippen LogP contribution in [-0.2, 0) is 10.1 Å². The van der Waals surface area contributed by atoms with Crippen LogP contribution in [0.5, 0.6) is 0 Å². The molecule has 1 aliphatic heterocycles. The third-order valence-electron chi connectivity index (χ3n) is 1.23. The summed E-state index contributed by atoms with van der Waals surface area (Å²) in [4.78, 5) is 0. The molecule has 0 aromatic carbocycles. The van der Waals surface area contributed by atoms with Gasteiger partial charge in [0.15, 0.2) is 0 Å². The zero-order valence-electron chi connectivity index (χ0n) is 5.18. The molecule has 0 N–H and O–H groups in total. The second-order valence-electron chi connectivity index (χ2n) is 1.83. The third-order valence-corrected chi connectivity index (χ3v) is 3.00. The Morgan fingerprint density at radius 1 is 1.75 bits per heavy atom. The van der Waals surface area contributed by atoms with E-state index in [1.54, 1.807) is 0 Å². The molecule has 0 saturated heterocycles. The summed E-state index contributed by atoms with van der Waals surface area (Å²) in [5, 5.41) is 5.56. The molecule has 1 heterocycles. The smallest absolute Gasteiger partial charge is 0.0314 e. The molecule has 0 atom stereocenters. The molecule has 0 saturated carbocycles. The van der Waals surface area contributed by atoms with E-state index in [0.717, 1.165) is 0 Å². The quantitative estimate of drug-likeness (QED) is 0.338. The Hall–Kier alpha value is -0.130. The molecule has 0 aromatic rings. The summed E-state index contributed by atoms with van der Waals surface area (Å²) in [6.45, 7) is 2.12. The van der Waals surface area contributed by atoms with E-state index < -0.39 is 0 Å². The van der Waals surface area contributed by atoms with E-state index >= 15 is 0 Å². The zero-order chi connectivity index (χ0) is 5.82. The first kappa shape index (κ1) is 6.00. The molecule has 0 unspecified atom stereocenters. The lowest BCUT2D eigenvalue weighted by Gasteiger charge is -2.09. The van der Waals surface area contributed by atoms with Crippen molar-refractivity contribution >= 4 is 20.5 Å². The Morgan fingerprint density at radius 3 is 3.00 bits per heavy atom. The minimum atomic E-state index is 0.418. The van der Waals surface area contributed by atoms with Crippen molar-refractivity contribution in [2.45, 2.75) is 19.8 Å². The van der Waals surface area contributed by atoms with E-state index in [-0.39, 0.29) is 0 Å². The first-order valence-corrected chi connectivity index (χ1v) is 4.46. The summed E-state index contributed by atoms with van der Waals surface area (Å²) >= 11 is 0. The fraction of sp³-hybridized carbons (Fsp3) is 0.571. The van der Waals surface area contributed by atoms with Crippen LogP contribution < -0.4 is 0 Å². The number of hydrogen-bond acceptors (Lipinski definition) is 1. The lowest BCUT2D eigenvalue weighted by molar-refractivity contribution is 0.976. The molecule has 0 aliphatic carbocycles. The van der Waals surface area contributed by atoms with Gasteiger partial charge in [-0.05, 0) is 6.42 Å². The summed E-state index contributed by atoms with van der Waals surface area (Å²) in [6, 6.07) is 0.